The van der Waals surface area contributed by atoms with E-state index in [1.807, 2.05) is 34.6 Å². The van der Waals surface area contributed by atoms with Crippen LogP contribution >= 0.6 is 0 Å². The molecule has 132 valence electrons. The summed E-state index contributed by atoms with van der Waals surface area (Å²) < 4.78 is 1.61. The Morgan fingerprint density at radius 2 is 1.96 bits per heavy atom. The molecular weight excluding hydrogens is 294 g/mol. The molecule has 1 rings (SSSR count). The number of nitrogens with one attached hydrogen (secondary N) is 1. The van der Waals surface area contributed by atoms with Gasteiger partial charge in [0.05, 0.1) is 6.54 Å². The van der Waals surface area contributed by atoms with Gasteiger partial charge in [-0.05, 0) is 20.3 Å². The Hall–Kier alpha value is -1.92. The van der Waals surface area contributed by atoms with Crippen molar-refractivity contribution >= 4 is 11.8 Å². The van der Waals surface area contributed by atoms with Crippen LogP contribution in [-0.2, 0) is 23.2 Å². The summed E-state index contributed by atoms with van der Waals surface area (Å²) >= 11 is 0. The van der Waals surface area contributed by atoms with Crippen LogP contribution in [0.5, 0.6) is 0 Å². The Bertz CT molecular complexity index is 473. The van der Waals surface area contributed by atoms with E-state index in [4.69, 9.17) is 0 Å². The van der Waals surface area contributed by atoms with E-state index in [-0.39, 0.29) is 30.7 Å². The maximum Gasteiger partial charge on any atom is 0.223 e. The van der Waals surface area contributed by atoms with Crippen LogP contribution in [0, 0.1) is 0 Å². The van der Waals surface area contributed by atoms with Gasteiger partial charge in [-0.25, -0.2) is 0 Å². The van der Waals surface area contributed by atoms with Crippen LogP contribution in [0.2, 0.25) is 0 Å². The second-order valence-corrected chi connectivity index (χ2v) is 5.12. The fourth-order valence-electron chi connectivity index (χ4n) is 2.00. The maximum absolute atomic E-state index is 12.4. The molecule has 1 aromatic rings. The lowest BCUT2D eigenvalue weighted by Crippen LogP contribution is -2.38. The van der Waals surface area contributed by atoms with E-state index in [0.29, 0.717) is 13.1 Å². The van der Waals surface area contributed by atoms with Crippen LogP contribution in [0.1, 0.15) is 59.6 Å². The summed E-state index contributed by atoms with van der Waals surface area (Å²) in [4.78, 5) is 25.6. The number of rotatable bonds is 8. The Morgan fingerprint density at radius 1 is 1.30 bits per heavy atom. The molecule has 0 fully saturated rings. The third-order valence-electron chi connectivity index (χ3n) is 3.37. The van der Waals surface area contributed by atoms with E-state index >= 15 is 0 Å². The summed E-state index contributed by atoms with van der Waals surface area (Å²) in [5, 5.41) is 10.6. The lowest BCUT2D eigenvalue weighted by Gasteiger charge is -2.27. The highest BCUT2D eigenvalue weighted by Crippen LogP contribution is 2.11. The lowest BCUT2D eigenvalue weighted by atomic mass is 10.1. The van der Waals surface area contributed by atoms with Crippen molar-refractivity contribution in [1.82, 2.24) is 25.2 Å². The van der Waals surface area contributed by atoms with Gasteiger partial charge in [-0.15, -0.1) is 5.10 Å². The number of hydrogen-bond donors (Lipinski definition) is 1. The molecule has 0 aromatic carbocycles. The molecule has 1 heterocycles. The molecular formula is C16H31N5O2. The number of hydrogen-bond acceptors (Lipinski definition) is 4. The van der Waals surface area contributed by atoms with Crippen molar-refractivity contribution in [3.63, 3.8) is 0 Å². The number of nitrogens with zero attached hydrogens (tertiary/aromatic N) is 4. The standard InChI is InChI=1S/C14H25N5O2.C2H6/c1-5-11(3)19(10-12-9-18(4)17-16-12)14(21)8-7-13(20)15-6-2;1-2/h9,11H,5-8,10H2,1-4H3,(H,15,20);1-2H3. The Morgan fingerprint density at radius 3 is 2.43 bits per heavy atom. The molecule has 7 nitrogen and oxygen atoms in total. The summed E-state index contributed by atoms with van der Waals surface area (Å²) in [7, 11) is 1.79. The smallest absolute Gasteiger partial charge is 0.223 e. The Labute approximate surface area is 139 Å². The lowest BCUT2D eigenvalue weighted by molar-refractivity contribution is -0.136. The molecule has 7 heteroatoms. The van der Waals surface area contributed by atoms with Crippen molar-refractivity contribution < 1.29 is 9.59 Å². The van der Waals surface area contributed by atoms with Crippen LogP contribution < -0.4 is 5.32 Å². The molecule has 0 radical (unpaired) electrons. The van der Waals surface area contributed by atoms with E-state index in [1.54, 1.807) is 22.8 Å². The van der Waals surface area contributed by atoms with E-state index < -0.39 is 0 Å². The number of carbonyl (C=O) groups is 2. The van der Waals surface area contributed by atoms with Gasteiger partial charge in [-0.3, -0.25) is 14.3 Å². The monoisotopic (exact) mass is 325 g/mol. The summed E-state index contributed by atoms with van der Waals surface area (Å²) in [5.41, 5.74) is 0.754. The van der Waals surface area contributed by atoms with Crippen molar-refractivity contribution in [2.45, 2.75) is 66.5 Å². The van der Waals surface area contributed by atoms with Crippen LogP contribution in [-0.4, -0.2) is 44.3 Å². The van der Waals surface area contributed by atoms with Gasteiger partial charge < -0.3 is 10.2 Å². The van der Waals surface area contributed by atoms with E-state index in [2.05, 4.69) is 15.6 Å². The molecule has 1 N–H and O–H groups in total. The minimum atomic E-state index is -0.0885. The largest absolute Gasteiger partial charge is 0.356 e. The predicted octanol–water partition coefficient (Wildman–Crippen LogP) is 1.88. The zero-order valence-corrected chi connectivity index (χ0v) is 15.3. The first-order chi connectivity index (χ1) is 11.0. The SMILES string of the molecule is CC.CCNC(=O)CCC(=O)N(Cc1cn(C)nn1)C(C)CC. The minimum absolute atomic E-state index is 0.0266. The van der Waals surface area contributed by atoms with Gasteiger partial charge in [0.25, 0.3) is 0 Å². The van der Waals surface area contributed by atoms with E-state index in [1.165, 1.54) is 0 Å². The fourth-order valence-corrected chi connectivity index (χ4v) is 2.00. The average Bonchev–Trinajstić information content (AvgIpc) is 2.97. The molecule has 2 amide bonds. The van der Waals surface area contributed by atoms with Crippen LogP contribution in [0.25, 0.3) is 0 Å². The van der Waals surface area contributed by atoms with Crippen molar-refractivity contribution in [2.24, 2.45) is 7.05 Å². The van der Waals surface area contributed by atoms with Gasteiger partial charge in [-0.1, -0.05) is 26.0 Å². The number of aryl methyl sites for hydroxylation is 1. The van der Waals surface area contributed by atoms with E-state index in [0.717, 1.165) is 12.1 Å². The zero-order chi connectivity index (χ0) is 17.8. The molecule has 0 spiro atoms. The quantitative estimate of drug-likeness (QED) is 0.791. The molecule has 1 unspecified atom stereocenters. The molecule has 0 bridgehead atoms. The summed E-state index contributed by atoms with van der Waals surface area (Å²) in [6.45, 7) is 10.9. The predicted molar refractivity (Wildman–Crippen MR) is 90.6 cm³/mol. The summed E-state index contributed by atoms with van der Waals surface area (Å²) in [6, 6.07) is 0.105. The average molecular weight is 325 g/mol. The van der Waals surface area contributed by atoms with Crippen LogP contribution in [0.4, 0.5) is 0 Å². The summed E-state index contributed by atoms with van der Waals surface area (Å²) in [6.07, 6.45) is 3.09. The van der Waals surface area contributed by atoms with Crippen LogP contribution in [0.3, 0.4) is 0 Å². The number of amides is 2. The van der Waals surface area contributed by atoms with Gasteiger partial charge in [0, 0.05) is 38.7 Å². The highest BCUT2D eigenvalue weighted by molar-refractivity contribution is 5.83. The van der Waals surface area contributed by atoms with Crippen molar-refractivity contribution in [3.8, 4) is 0 Å². The highest BCUT2D eigenvalue weighted by atomic mass is 16.2. The molecule has 1 aromatic heterocycles. The molecule has 1 atom stereocenters. The van der Waals surface area contributed by atoms with Gasteiger partial charge in [-0.2, -0.15) is 0 Å². The molecule has 0 aliphatic carbocycles. The Balaban J connectivity index is 0.00000232. The van der Waals surface area contributed by atoms with Gasteiger partial charge in [0.2, 0.25) is 11.8 Å². The molecule has 0 saturated carbocycles. The first-order valence-corrected chi connectivity index (χ1v) is 8.39. The normalized spacial score (nSPS) is 11.2. The first kappa shape index (κ1) is 21.1. The molecule has 23 heavy (non-hydrogen) atoms. The van der Waals surface area contributed by atoms with Crippen molar-refractivity contribution in [2.75, 3.05) is 6.54 Å². The van der Waals surface area contributed by atoms with Crippen molar-refractivity contribution in [3.05, 3.63) is 11.9 Å². The highest BCUT2D eigenvalue weighted by Gasteiger charge is 2.21. The second-order valence-electron chi connectivity index (χ2n) is 5.12. The van der Waals surface area contributed by atoms with Crippen LogP contribution in [0.15, 0.2) is 6.20 Å². The van der Waals surface area contributed by atoms with E-state index in [9.17, 15) is 9.59 Å². The number of carbonyl (C=O) groups excluding carboxylic acids is 2. The first-order valence-electron chi connectivity index (χ1n) is 8.39. The molecule has 0 aliphatic rings. The maximum atomic E-state index is 12.4. The van der Waals surface area contributed by atoms with Gasteiger partial charge in [0.15, 0.2) is 0 Å². The third-order valence-corrected chi connectivity index (χ3v) is 3.37. The second kappa shape index (κ2) is 11.6. The number of aromatic nitrogens is 3. The van der Waals surface area contributed by atoms with Gasteiger partial charge in [0.1, 0.15) is 5.69 Å². The minimum Gasteiger partial charge on any atom is -0.356 e. The topological polar surface area (TPSA) is 80.1 Å². The molecule has 0 saturated heterocycles. The zero-order valence-electron chi connectivity index (χ0n) is 15.3. The third kappa shape index (κ3) is 7.76. The summed E-state index contributed by atoms with van der Waals surface area (Å²) in [5.74, 6) is -0.115. The fraction of sp³-hybridized carbons (Fsp3) is 0.750. The van der Waals surface area contributed by atoms with Gasteiger partial charge >= 0.3 is 0 Å². The molecule has 0 aliphatic heterocycles. The Kier molecular flexibility index (Phi) is 10.7. The van der Waals surface area contributed by atoms with Crippen molar-refractivity contribution in [1.29, 1.82) is 0 Å².